The van der Waals surface area contributed by atoms with Gasteiger partial charge in [0, 0.05) is 70.6 Å². The van der Waals surface area contributed by atoms with E-state index in [2.05, 4.69) is 10.6 Å². The van der Waals surface area contributed by atoms with E-state index in [9.17, 15) is 38.7 Å². The molecule has 1 aromatic carbocycles. The van der Waals surface area contributed by atoms with Crippen molar-refractivity contribution in [3.63, 3.8) is 0 Å². The zero-order chi connectivity index (χ0) is 52.9. The van der Waals surface area contributed by atoms with Gasteiger partial charge in [-0.2, -0.15) is 0 Å². The number of rotatable bonds is 13. The molecule has 4 aliphatic heterocycles. The maximum atomic E-state index is 14.4. The molecular formula is C53H74ClN5O13S. The number of alkyl carbamates (subject to hydrolysis) is 1. The van der Waals surface area contributed by atoms with Crippen LogP contribution in [0.2, 0.25) is 5.02 Å². The van der Waals surface area contributed by atoms with Gasteiger partial charge in [-0.1, -0.05) is 61.6 Å². The number of methoxy groups -OCH3 is 2. The van der Waals surface area contributed by atoms with Crippen LogP contribution < -0.4 is 20.3 Å². The molecule has 4 bridgehead atoms. The number of aliphatic hydroxyl groups is 1. The summed E-state index contributed by atoms with van der Waals surface area (Å²) in [5, 5.41) is 17.2. The average Bonchev–Trinajstić information content (AvgIpc) is 3.99. The van der Waals surface area contributed by atoms with E-state index < -0.39 is 76.8 Å². The number of thioether (sulfide) groups is 1. The van der Waals surface area contributed by atoms with Crippen molar-refractivity contribution < 1.29 is 62.4 Å². The standard InChI is InChI=1S/C53H74ClN5O13S/c1-30-13-12-16-41(69-8)53(67)28-39(70-51(66)56-53)31(2)47-52(4,72-47)42(27-44(61)58(6)37-24-34(23-30)25-38(68-7)46(37)54)71-50(65)32(3)57(5)43(60)21-22-73-40-26-45(62)59(49(40)64)29-33-17-19-35(20-18-33)48(63)55-36-14-10-9-11-15-36/h12-13,16,24-25,31-33,35-36,39-42,47,67H,9-11,14-15,17-23,26-29H2,1-8H3,(H,55,63)(H,56,66)/b16-12+,30-13+/t31-,32-,33?,35?,39+,40?,41-,42+,47+,52+,53+/m1/s1. The number of nitrogens with zero attached hydrogens (tertiary/aromatic N) is 3. The van der Waals surface area contributed by atoms with Crippen molar-refractivity contribution in [3.8, 4) is 5.75 Å². The van der Waals surface area contributed by atoms with Crippen LogP contribution in [-0.4, -0.2) is 150 Å². The van der Waals surface area contributed by atoms with E-state index in [1.165, 1.54) is 61.1 Å². The molecule has 7 rings (SSSR count). The van der Waals surface area contributed by atoms with Gasteiger partial charge < -0.3 is 43.9 Å². The number of nitrogens with one attached hydrogen (secondary N) is 2. The number of epoxide rings is 1. The number of likely N-dealkylation sites (tertiary alicyclic amines) is 1. The Kier molecular flexibility index (Phi) is 18.3. The Balaban J connectivity index is 0.988. The fourth-order valence-electron chi connectivity index (χ4n) is 11.1. The Hall–Kier alpha value is -4.69. The number of carbonyl (C=O) groups excluding carboxylic acids is 7. The summed E-state index contributed by atoms with van der Waals surface area (Å²) in [4.78, 5) is 98.7. The number of ether oxygens (including phenoxy) is 5. The molecule has 0 aromatic heterocycles. The molecule has 4 heterocycles. The highest BCUT2D eigenvalue weighted by Gasteiger charge is 2.64. The first-order chi connectivity index (χ1) is 34.7. The molecular weight excluding hydrogens is 982 g/mol. The van der Waals surface area contributed by atoms with Gasteiger partial charge in [-0.05, 0) is 89.3 Å². The molecule has 0 radical (unpaired) electrons. The molecule has 0 spiro atoms. The van der Waals surface area contributed by atoms with E-state index >= 15 is 0 Å². The molecule has 1 unspecified atom stereocenters. The summed E-state index contributed by atoms with van der Waals surface area (Å²) >= 11 is 8.07. The van der Waals surface area contributed by atoms with Gasteiger partial charge in [-0.15, -0.1) is 11.8 Å². The maximum absolute atomic E-state index is 14.4. The van der Waals surface area contributed by atoms with E-state index in [1.807, 2.05) is 13.0 Å². The summed E-state index contributed by atoms with van der Waals surface area (Å²) < 4.78 is 29.5. The Bertz CT molecular complexity index is 2320. The fraction of sp³-hybridized carbons (Fsp3) is 0.679. The van der Waals surface area contributed by atoms with Gasteiger partial charge >= 0.3 is 12.1 Å². The number of anilines is 1. The number of carbonyl (C=O) groups is 7. The number of likely N-dealkylation sites (N-methyl/N-ethyl adjacent to an activating group) is 1. The van der Waals surface area contributed by atoms with Gasteiger partial charge in [0.15, 0.2) is 5.72 Å². The SMILES string of the molecule is COc1cc2cc(c1Cl)N(C)C(=O)C[C@H](OC(=O)[C@@H](C)N(C)C(=O)CCSC1CC(=O)N(CC3CCC(C(=O)NC4CCCCC4)CC3)C1=O)[C@]1(C)O[C@H]1[C@H](C)[C@@H]1C[C@@](O)(NC(=O)O1)[C@H](OC)/C=C/C=C(\C)C2. The van der Waals surface area contributed by atoms with E-state index in [1.54, 1.807) is 45.2 Å². The number of amides is 6. The third kappa shape index (κ3) is 13.1. The molecule has 2 saturated carbocycles. The summed E-state index contributed by atoms with van der Waals surface area (Å²) in [5.41, 5.74) is -1.13. The lowest BCUT2D eigenvalue weighted by molar-refractivity contribution is -0.162. The largest absolute Gasteiger partial charge is 0.495 e. The van der Waals surface area contributed by atoms with Crippen LogP contribution in [0.5, 0.6) is 5.75 Å². The topological polar surface area (TPSA) is 223 Å². The molecule has 1 aromatic rings. The maximum Gasteiger partial charge on any atom is 0.409 e. The average molecular weight is 1060 g/mol. The number of hydrogen-bond acceptors (Lipinski definition) is 14. The lowest BCUT2D eigenvalue weighted by Crippen LogP contribution is -2.63. The van der Waals surface area contributed by atoms with Gasteiger partial charge in [0.1, 0.15) is 40.7 Å². The molecule has 5 fully saturated rings. The number of hydrogen-bond donors (Lipinski definition) is 3. The molecule has 3 saturated heterocycles. The van der Waals surface area contributed by atoms with Crippen molar-refractivity contribution >= 4 is 70.6 Å². The van der Waals surface area contributed by atoms with Crippen LogP contribution in [0.3, 0.4) is 0 Å². The van der Waals surface area contributed by atoms with Gasteiger partial charge in [-0.3, -0.25) is 34.2 Å². The molecule has 9 atom stereocenters. The van der Waals surface area contributed by atoms with Crippen molar-refractivity contribution in [1.29, 1.82) is 0 Å². The summed E-state index contributed by atoms with van der Waals surface area (Å²) in [5.74, 6) is -1.99. The second-order valence-corrected chi connectivity index (χ2v) is 22.8. The molecule has 18 nitrogen and oxygen atoms in total. The van der Waals surface area contributed by atoms with Crippen LogP contribution in [0.1, 0.15) is 117 Å². The molecule has 6 aliphatic rings. The zero-order valence-electron chi connectivity index (χ0n) is 43.4. The summed E-state index contributed by atoms with van der Waals surface area (Å²) in [7, 11) is 5.92. The zero-order valence-corrected chi connectivity index (χ0v) is 45.0. The summed E-state index contributed by atoms with van der Waals surface area (Å²) in [6.07, 6.45) is 9.10. The number of imide groups is 1. The molecule has 3 N–H and O–H groups in total. The second-order valence-electron chi connectivity index (χ2n) is 21.1. The molecule has 20 heteroatoms. The van der Waals surface area contributed by atoms with Gasteiger partial charge in [0.05, 0.1) is 30.6 Å². The molecule has 73 heavy (non-hydrogen) atoms. The van der Waals surface area contributed by atoms with Crippen LogP contribution in [0.4, 0.5) is 10.5 Å². The number of fused-ring (bicyclic) bond motifs is 5. The number of allylic oxidation sites excluding steroid dienone is 3. The number of esters is 1. The second kappa shape index (κ2) is 23.9. The Morgan fingerprint density at radius 1 is 1.04 bits per heavy atom. The van der Waals surface area contributed by atoms with Crippen molar-refractivity contribution in [2.45, 2.75) is 171 Å². The molecule has 2 aliphatic carbocycles. The highest BCUT2D eigenvalue weighted by atomic mass is 35.5. The fourth-order valence-corrected chi connectivity index (χ4v) is 12.5. The molecule has 6 amide bonds. The quantitative estimate of drug-likeness (QED) is 0.117. The highest BCUT2D eigenvalue weighted by molar-refractivity contribution is 8.00. The van der Waals surface area contributed by atoms with Crippen LogP contribution in [-0.2, 0) is 54.1 Å². The minimum absolute atomic E-state index is 0.0313. The number of halogens is 1. The summed E-state index contributed by atoms with van der Waals surface area (Å²) in [6.45, 7) is 7.23. The van der Waals surface area contributed by atoms with Crippen LogP contribution in [0, 0.1) is 17.8 Å². The van der Waals surface area contributed by atoms with Crippen molar-refractivity contribution in [1.82, 2.24) is 20.4 Å². The van der Waals surface area contributed by atoms with E-state index in [4.69, 9.17) is 35.3 Å². The van der Waals surface area contributed by atoms with Crippen molar-refractivity contribution in [3.05, 3.63) is 46.5 Å². The van der Waals surface area contributed by atoms with E-state index in [0.717, 1.165) is 62.5 Å². The van der Waals surface area contributed by atoms with E-state index in [-0.39, 0.29) is 72.1 Å². The lowest BCUT2D eigenvalue weighted by Gasteiger charge is -2.42. The smallest absolute Gasteiger partial charge is 0.409 e. The lowest BCUT2D eigenvalue weighted by atomic mass is 9.81. The summed E-state index contributed by atoms with van der Waals surface area (Å²) in [6, 6.07) is 2.70. The monoisotopic (exact) mass is 1060 g/mol. The van der Waals surface area contributed by atoms with Crippen molar-refractivity contribution in [2.75, 3.05) is 45.5 Å². The Morgan fingerprint density at radius 2 is 1.75 bits per heavy atom. The third-order valence-electron chi connectivity index (χ3n) is 16.0. The van der Waals surface area contributed by atoms with Crippen LogP contribution in [0.15, 0.2) is 35.9 Å². The third-order valence-corrected chi connectivity index (χ3v) is 17.6. The predicted molar refractivity (Wildman–Crippen MR) is 274 cm³/mol. The number of benzene rings is 1. The van der Waals surface area contributed by atoms with Crippen LogP contribution >= 0.6 is 23.4 Å². The highest BCUT2D eigenvalue weighted by Crippen LogP contribution is 2.49. The van der Waals surface area contributed by atoms with Gasteiger partial charge in [-0.25, -0.2) is 9.59 Å². The minimum atomic E-state index is -1.87. The Labute approximate surface area is 437 Å². The predicted octanol–water partition coefficient (Wildman–Crippen LogP) is 6.02. The normalized spacial score (nSPS) is 32.8. The molecule has 402 valence electrons. The van der Waals surface area contributed by atoms with Crippen molar-refractivity contribution in [2.24, 2.45) is 17.8 Å². The van der Waals surface area contributed by atoms with Crippen LogP contribution in [0.25, 0.3) is 0 Å². The van der Waals surface area contributed by atoms with Gasteiger partial charge in [0.2, 0.25) is 29.5 Å². The van der Waals surface area contributed by atoms with E-state index in [0.29, 0.717) is 24.4 Å². The van der Waals surface area contributed by atoms with Gasteiger partial charge in [0.25, 0.3) is 0 Å². The Morgan fingerprint density at radius 3 is 2.44 bits per heavy atom. The first kappa shape index (κ1) is 56.0. The first-order valence-corrected chi connectivity index (χ1v) is 27.2. The minimum Gasteiger partial charge on any atom is -0.495 e. The first-order valence-electron chi connectivity index (χ1n) is 25.8.